The van der Waals surface area contributed by atoms with Crippen molar-refractivity contribution in [2.45, 2.75) is 62.6 Å². The van der Waals surface area contributed by atoms with Crippen molar-refractivity contribution >= 4 is 38.4 Å². The van der Waals surface area contributed by atoms with Crippen molar-refractivity contribution in [3.8, 4) is 16.2 Å². The van der Waals surface area contributed by atoms with Crippen molar-refractivity contribution in [1.82, 2.24) is 15.0 Å². The van der Waals surface area contributed by atoms with Crippen LogP contribution in [0, 0.1) is 12.8 Å². The van der Waals surface area contributed by atoms with Crippen LogP contribution in [0.3, 0.4) is 0 Å². The third-order valence-corrected chi connectivity index (χ3v) is 9.04. The lowest BCUT2D eigenvalue weighted by Crippen LogP contribution is -2.42. The number of piperidine rings is 1. The van der Waals surface area contributed by atoms with Crippen LogP contribution in [-0.4, -0.2) is 62.8 Å². The summed E-state index contributed by atoms with van der Waals surface area (Å²) in [6.45, 7) is 3.45. The molecule has 1 aliphatic heterocycles. The van der Waals surface area contributed by atoms with Crippen molar-refractivity contribution in [3.05, 3.63) is 23.9 Å². The molecule has 4 rings (SSSR count). The van der Waals surface area contributed by atoms with E-state index in [-0.39, 0.29) is 22.8 Å². The summed E-state index contributed by atoms with van der Waals surface area (Å²) in [5.41, 5.74) is 1.48. The van der Waals surface area contributed by atoms with Gasteiger partial charge in [0.2, 0.25) is 15.9 Å². The number of hydrogen-bond acceptors (Lipinski definition) is 8. The Bertz CT molecular complexity index is 1270. The molecule has 1 aliphatic carbocycles. The number of thiazole rings is 1. The fraction of sp³-hybridized carbons (Fsp3) is 0.542. The average molecular weight is 593 g/mol. The fourth-order valence-electron chi connectivity index (χ4n) is 4.36. The van der Waals surface area contributed by atoms with Gasteiger partial charge in [-0.15, -0.1) is 0 Å². The summed E-state index contributed by atoms with van der Waals surface area (Å²) >= 11 is 1.36. The maximum Gasteiger partial charge on any atom is 0.490 e. The number of hydrogen-bond donors (Lipinski definition) is 4. The molecule has 1 saturated heterocycles. The lowest BCUT2D eigenvalue weighted by atomic mass is 10.1. The molecule has 0 spiro atoms. The molecule has 1 aromatic heterocycles. The second kappa shape index (κ2) is 13.1. The monoisotopic (exact) mass is 592 g/mol. The molecule has 2 fully saturated rings. The van der Waals surface area contributed by atoms with Gasteiger partial charge in [0.25, 0.3) is 0 Å². The Morgan fingerprint density at radius 1 is 1.15 bits per heavy atom. The minimum atomic E-state index is -5.08. The van der Waals surface area contributed by atoms with Gasteiger partial charge in [0.15, 0.2) is 5.13 Å². The normalized spacial score (nSPS) is 16.8. The summed E-state index contributed by atoms with van der Waals surface area (Å²) in [7, 11) is -2.29. The maximum absolute atomic E-state index is 13.2. The van der Waals surface area contributed by atoms with Crippen LogP contribution in [0.15, 0.2) is 23.1 Å². The number of carbonyl (C=O) groups excluding carboxylic acids is 1. The molecule has 10 nitrogen and oxygen atoms in total. The molecule has 1 aromatic carbocycles. The smallest absolute Gasteiger partial charge is 0.490 e. The topological polar surface area (TPSA) is 147 Å². The van der Waals surface area contributed by atoms with Gasteiger partial charge in [0.05, 0.1) is 17.7 Å². The number of methoxy groups -OCH3 is 1. The number of rotatable bonds is 7. The van der Waals surface area contributed by atoms with Crippen LogP contribution in [-0.2, 0) is 19.6 Å². The molecular formula is C24H31F3N4O6S2. The number of nitrogens with zero attached hydrogens (tertiary/aromatic N) is 1. The Kier molecular flexibility index (Phi) is 10.3. The van der Waals surface area contributed by atoms with Gasteiger partial charge >= 0.3 is 12.1 Å². The third-order valence-electron chi connectivity index (χ3n) is 6.37. The fourth-order valence-corrected chi connectivity index (χ4v) is 6.83. The van der Waals surface area contributed by atoms with Crippen LogP contribution in [0.5, 0.6) is 5.75 Å². The number of anilines is 1. The number of aryl methyl sites for hydroxylation is 1. The van der Waals surface area contributed by atoms with Crippen LogP contribution in [0.1, 0.15) is 44.2 Å². The summed E-state index contributed by atoms with van der Waals surface area (Å²) in [5, 5.41) is 13.9. The highest BCUT2D eigenvalue weighted by Crippen LogP contribution is 2.37. The van der Waals surface area contributed by atoms with E-state index in [1.165, 1.54) is 18.4 Å². The molecule has 0 unspecified atom stereocenters. The van der Waals surface area contributed by atoms with E-state index in [0.717, 1.165) is 67.7 Å². The number of ether oxygens (including phenoxy) is 1. The average Bonchev–Trinajstić information content (AvgIpc) is 3.54. The Labute approximate surface area is 228 Å². The van der Waals surface area contributed by atoms with Crippen molar-refractivity contribution in [3.63, 3.8) is 0 Å². The summed E-state index contributed by atoms with van der Waals surface area (Å²) in [6.07, 6.45) is 0.446. The number of carbonyl (C=O) groups is 2. The number of carboxylic acids is 1. The second-order valence-electron chi connectivity index (χ2n) is 9.22. The van der Waals surface area contributed by atoms with Gasteiger partial charge in [-0.2, -0.15) is 13.2 Å². The number of benzene rings is 1. The molecule has 216 valence electrons. The predicted molar refractivity (Wildman–Crippen MR) is 139 cm³/mol. The summed E-state index contributed by atoms with van der Waals surface area (Å²) < 4.78 is 66.2. The van der Waals surface area contributed by atoms with E-state index in [9.17, 15) is 26.4 Å². The summed E-state index contributed by atoms with van der Waals surface area (Å²) in [6, 6.07) is 5.02. The van der Waals surface area contributed by atoms with Crippen molar-refractivity contribution in [1.29, 1.82) is 0 Å². The van der Waals surface area contributed by atoms with E-state index in [1.54, 1.807) is 12.1 Å². The highest BCUT2D eigenvalue weighted by atomic mass is 32.2. The first-order chi connectivity index (χ1) is 18.3. The van der Waals surface area contributed by atoms with E-state index >= 15 is 0 Å². The summed E-state index contributed by atoms with van der Waals surface area (Å²) in [4.78, 5) is 26.8. The summed E-state index contributed by atoms with van der Waals surface area (Å²) in [5.74, 6) is -2.38. The Morgan fingerprint density at radius 3 is 2.33 bits per heavy atom. The number of sulfonamides is 1. The van der Waals surface area contributed by atoms with E-state index < -0.39 is 22.2 Å². The maximum atomic E-state index is 13.2. The molecule has 0 radical (unpaired) electrons. The zero-order valence-electron chi connectivity index (χ0n) is 21.4. The number of aromatic nitrogens is 1. The Morgan fingerprint density at radius 2 is 1.77 bits per heavy atom. The van der Waals surface area contributed by atoms with Gasteiger partial charge in [-0.25, -0.2) is 22.9 Å². The van der Waals surface area contributed by atoms with Crippen LogP contribution in [0.4, 0.5) is 18.3 Å². The first kappa shape index (κ1) is 30.8. The molecule has 39 heavy (non-hydrogen) atoms. The molecule has 0 atom stereocenters. The number of alkyl halides is 3. The molecule has 0 bridgehead atoms. The molecule has 2 aliphatic rings. The molecule has 2 aromatic rings. The number of aliphatic carboxylic acids is 1. The first-order valence-electron chi connectivity index (χ1n) is 12.3. The minimum absolute atomic E-state index is 0.0203. The molecule has 1 amide bonds. The SMILES string of the molecule is COc1ccc(-c2sc(NC(=O)C3CCCC3)nc2C)cc1S(=O)(=O)NC1CCNCC1.O=C(O)C(F)(F)F. The Balaban J connectivity index is 0.000000532. The van der Waals surface area contributed by atoms with E-state index in [0.29, 0.717) is 10.9 Å². The molecular weight excluding hydrogens is 561 g/mol. The number of nitrogens with one attached hydrogen (secondary N) is 3. The molecule has 4 N–H and O–H groups in total. The lowest BCUT2D eigenvalue weighted by molar-refractivity contribution is -0.192. The van der Waals surface area contributed by atoms with Crippen molar-refractivity contribution < 1.29 is 41.0 Å². The Hall–Kier alpha value is -2.75. The van der Waals surface area contributed by atoms with E-state index in [2.05, 4.69) is 20.3 Å². The number of halogens is 3. The largest absolute Gasteiger partial charge is 0.495 e. The van der Waals surface area contributed by atoms with Gasteiger partial charge in [-0.1, -0.05) is 24.2 Å². The lowest BCUT2D eigenvalue weighted by Gasteiger charge is -2.24. The highest BCUT2D eigenvalue weighted by Gasteiger charge is 2.38. The third kappa shape index (κ3) is 8.37. The van der Waals surface area contributed by atoms with Crippen LogP contribution >= 0.6 is 11.3 Å². The van der Waals surface area contributed by atoms with E-state index in [4.69, 9.17) is 14.6 Å². The molecule has 15 heteroatoms. The second-order valence-corrected chi connectivity index (χ2v) is 11.9. The number of amides is 1. The number of carboxylic acid groups (broad SMARTS) is 1. The standard InChI is InChI=1S/C22H30N4O4S2.C2HF3O2/c1-14-20(31-22(24-14)25-21(27)15-5-3-4-6-15)16-7-8-18(30-2)19(13-16)32(28,29)26-17-9-11-23-12-10-17;3-2(4,5)1(6)7/h7-8,13,15,17,23,26H,3-6,9-12H2,1-2H3,(H,24,25,27);(H,6,7). The van der Waals surface area contributed by atoms with Gasteiger partial charge in [-0.05, 0) is 69.5 Å². The quantitative estimate of drug-likeness (QED) is 0.378. The minimum Gasteiger partial charge on any atom is -0.495 e. The highest BCUT2D eigenvalue weighted by molar-refractivity contribution is 7.89. The van der Waals surface area contributed by atoms with Crippen LogP contribution in [0.2, 0.25) is 0 Å². The predicted octanol–water partition coefficient (Wildman–Crippen LogP) is 3.92. The van der Waals surface area contributed by atoms with Gasteiger partial charge < -0.3 is 20.5 Å². The first-order valence-corrected chi connectivity index (χ1v) is 14.6. The van der Waals surface area contributed by atoms with Crippen LogP contribution in [0.25, 0.3) is 10.4 Å². The molecule has 2 heterocycles. The molecule has 1 saturated carbocycles. The zero-order chi connectivity index (χ0) is 28.8. The van der Waals surface area contributed by atoms with Gasteiger partial charge in [-0.3, -0.25) is 4.79 Å². The van der Waals surface area contributed by atoms with Gasteiger partial charge in [0, 0.05) is 12.0 Å². The van der Waals surface area contributed by atoms with Crippen LogP contribution < -0.4 is 20.1 Å². The zero-order valence-corrected chi connectivity index (χ0v) is 23.1. The van der Waals surface area contributed by atoms with Gasteiger partial charge in [0.1, 0.15) is 10.6 Å². The van der Waals surface area contributed by atoms with Crippen molar-refractivity contribution in [2.24, 2.45) is 5.92 Å². The van der Waals surface area contributed by atoms with Crippen molar-refractivity contribution in [2.75, 3.05) is 25.5 Å². The van der Waals surface area contributed by atoms with E-state index in [1.807, 2.05) is 13.0 Å².